The Labute approximate surface area is 200 Å². The molecule has 0 saturated heterocycles. The van der Waals surface area contributed by atoms with Gasteiger partial charge < -0.3 is 4.74 Å². The molecule has 0 saturated carbocycles. The summed E-state index contributed by atoms with van der Waals surface area (Å²) >= 11 is 1.16. The van der Waals surface area contributed by atoms with Crippen molar-refractivity contribution < 1.29 is 22.7 Å². The molecule has 5 rings (SSSR count). The number of nitrogens with zero attached hydrogens (tertiary/aromatic N) is 3. The number of hydrogen-bond donors (Lipinski definition) is 1. The van der Waals surface area contributed by atoms with E-state index in [9.17, 15) is 22.8 Å². The van der Waals surface area contributed by atoms with Gasteiger partial charge in [-0.2, -0.15) is 18.3 Å². The Morgan fingerprint density at radius 3 is 2.77 bits per heavy atom. The van der Waals surface area contributed by atoms with Crippen molar-refractivity contribution in [3.8, 4) is 22.7 Å². The Bertz CT molecular complexity index is 1510. The highest BCUT2D eigenvalue weighted by molar-refractivity contribution is 7.14. The SMILES string of the molecule is Cc1cc(=O)c(C(=O)Nc2nc(-c3ccc4c(c3)CCO4)cs2)nn1-c1ccccc1C(F)(F)F. The van der Waals surface area contributed by atoms with Gasteiger partial charge in [0.25, 0.3) is 5.91 Å². The van der Waals surface area contributed by atoms with Crippen LogP contribution in [0.25, 0.3) is 16.9 Å². The summed E-state index contributed by atoms with van der Waals surface area (Å²) < 4.78 is 47.0. The molecule has 1 amide bonds. The quantitative estimate of drug-likeness (QED) is 0.434. The molecule has 0 bridgehead atoms. The number of thiazole rings is 1. The second-order valence-corrected chi connectivity index (χ2v) is 8.70. The van der Waals surface area contributed by atoms with Gasteiger partial charge in [-0.25, -0.2) is 9.67 Å². The van der Waals surface area contributed by atoms with Crippen LogP contribution in [0.1, 0.15) is 27.3 Å². The highest BCUT2D eigenvalue weighted by Crippen LogP contribution is 2.34. The monoisotopic (exact) mass is 498 g/mol. The fraction of sp³-hybridized carbons (Fsp3) is 0.167. The van der Waals surface area contributed by atoms with Crippen LogP contribution in [0.2, 0.25) is 0 Å². The van der Waals surface area contributed by atoms with Crippen LogP contribution in [0.4, 0.5) is 18.3 Å². The number of amides is 1. The molecule has 1 N–H and O–H groups in total. The number of fused-ring (bicyclic) bond motifs is 1. The zero-order valence-electron chi connectivity index (χ0n) is 18.2. The highest BCUT2D eigenvalue weighted by Gasteiger charge is 2.34. The average Bonchev–Trinajstić information content (AvgIpc) is 3.47. The summed E-state index contributed by atoms with van der Waals surface area (Å²) in [5.41, 5.74) is 0.234. The Morgan fingerprint density at radius 1 is 1.17 bits per heavy atom. The van der Waals surface area contributed by atoms with Crippen LogP contribution in [-0.4, -0.2) is 27.3 Å². The first-order valence-corrected chi connectivity index (χ1v) is 11.4. The number of benzene rings is 2. The third-order valence-electron chi connectivity index (χ3n) is 5.47. The minimum Gasteiger partial charge on any atom is -0.493 e. The Balaban J connectivity index is 1.44. The van der Waals surface area contributed by atoms with Crippen molar-refractivity contribution >= 4 is 22.4 Å². The van der Waals surface area contributed by atoms with Gasteiger partial charge in [0.2, 0.25) is 5.43 Å². The van der Waals surface area contributed by atoms with E-state index in [1.54, 1.807) is 5.38 Å². The molecule has 1 aliphatic rings. The van der Waals surface area contributed by atoms with Crippen molar-refractivity contribution in [3.05, 3.63) is 86.6 Å². The average molecular weight is 498 g/mol. The van der Waals surface area contributed by atoms with Crippen molar-refractivity contribution in [2.75, 3.05) is 11.9 Å². The Kier molecular flexibility index (Phi) is 5.64. The number of hydrogen-bond acceptors (Lipinski definition) is 6. The summed E-state index contributed by atoms with van der Waals surface area (Å²) in [5, 5.41) is 8.49. The second-order valence-electron chi connectivity index (χ2n) is 7.84. The summed E-state index contributed by atoms with van der Waals surface area (Å²) in [4.78, 5) is 29.7. The molecule has 178 valence electrons. The number of alkyl halides is 3. The van der Waals surface area contributed by atoms with Gasteiger partial charge in [-0.3, -0.25) is 14.9 Å². The predicted octanol–water partition coefficient (Wildman–Crippen LogP) is 4.87. The maximum atomic E-state index is 13.5. The number of aryl methyl sites for hydroxylation is 1. The molecule has 35 heavy (non-hydrogen) atoms. The van der Waals surface area contributed by atoms with Crippen molar-refractivity contribution in [1.82, 2.24) is 14.8 Å². The van der Waals surface area contributed by atoms with E-state index in [0.717, 1.165) is 51.4 Å². The maximum Gasteiger partial charge on any atom is 0.418 e. The minimum atomic E-state index is -4.64. The molecule has 1 aliphatic heterocycles. The first-order valence-electron chi connectivity index (χ1n) is 10.5. The van der Waals surface area contributed by atoms with Crippen molar-refractivity contribution in [1.29, 1.82) is 0 Å². The van der Waals surface area contributed by atoms with E-state index < -0.39 is 28.8 Å². The zero-order chi connectivity index (χ0) is 24.7. The summed E-state index contributed by atoms with van der Waals surface area (Å²) in [6.45, 7) is 2.07. The van der Waals surface area contributed by atoms with Crippen LogP contribution in [0, 0.1) is 6.92 Å². The van der Waals surface area contributed by atoms with Gasteiger partial charge in [0, 0.05) is 29.1 Å². The molecule has 0 atom stereocenters. The lowest BCUT2D eigenvalue weighted by Crippen LogP contribution is -2.27. The van der Waals surface area contributed by atoms with E-state index in [-0.39, 0.29) is 16.5 Å². The molecule has 0 aliphatic carbocycles. The van der Waals surface area contributed by atoms with Crippen molar-refractivity contribution in [2.24, 2.45) is 0 Å². The van der Waals surface area contributed by atoms with E-state index in [2.05, 4.69) is 15.4 Å². The molecular weight excluding hydrogens is 481 g/mol. The summed E-state index contributed by atoms with van der Waals surface area (Å²) in [5.74, 6) is -0.0252. The van der Waals surface area contributed by atoms with Crippen LogP contribution in [0.15, 0.2) is 58.7 Å². The highest BCUT2D eigenvalue weighted by atomic mass is 32.1. The standard InChI is InChI=1S/C24H17F3N4O3S/c1-13-10-19(32)21(30-31(13)18-5-3-2-4-16(18)24(25,26)27)22(33)29-23-28-17(12-35-23)14-6-7-20-15(11-14)8-9-34-20/h2-7,10-12H,8-9H2,1H3,(H,28,29,33). The van der Waals surface area contributed by atoms with Crippen LogP contribution in [0.3, 0.4) is 0 Å². The molecule has 4 aromatic rings. The van der Waals surface area contributed by atoms with E-state index in [0.29, 0.717) is 12.3 Å². The molecule has 0 spiro atoms. The topological polar surface area (TPSA) is 86.1 Å². The van der Waals surface area contributed by atoms with Gasteiger partial charge in [-0.15, -0.1) is 11.3 Å². The number of carbonyl (C=O) groups excluding carboxylic acids is 1. The lowest BCUT2D eigenvalue weighted by atomic mass is 10.1. The summed E-state index contributed by atoms with van der Waals surface area (Å²) in [6.07, 6.45) is -3.84. The fourth-order valence-electron chi connectivity index (χ4n) is 3.81. The number of nitrogens with one attached hydrogen (secondary N) is 1. The minimum absolute atomic E-state index is 0.153. The molecule has 7 nitrogen and oxygen atoms in total. The van der Waals surface area contributed by atoms with E-state index in [4.69, 9.17) is 4.74 Å². The number of aromatic nitrogens is 3. The largest absolute Gasteiger partial charge is 0.493 e. The third kappa shape index (κ3) is 4.42. The first kappa shape index (κ1) is 22.8. The number of anilines is 1. The third-order valence-corrected chi connectivity index (χ3v) is 6.23. The Morgan fingerprint density at radius 2 is 1.97 bits per heavy atom. The van der Waals surface area contributed by atoms with Crippen LogP contribution in [-0.2, 0) is 12.6 Å². The van der Waals surface area contributed by atoms with Gasteiger partial charge in [-0.05, 0) is 42.8 Å². The zero-order valence-corrected chi connectivity index (χ0v) is 19.0. The van der Waals surface area contributed by atoms with Crippen molar-refractivity contribution in [3.63, 3.8) is 0 Å². The second kappa shape index (κ2) is 8.66. The Hall–Kier alpha value is -3.99. The molecule has 11 heteroatoms. The molecule has 3 heterocycles. The molecular formula is C24H17F3N4O3S. The van der Waals surface area contributed by atoms with Crippen LogP contribution >= 0.6 is 11.3 Å². The number of ether oxygens (including phenoxy) is 1. The van der Waals surface area contributed by atoms with E-state index in [1.165, 1.54) is 25.1 Å². The van der Waals surface area contributed by atoms with Crippen molar-refractivity contribution in [2.45, 2.75) is 19.5 Å². The van der Waals surface area contributed by atoms with E-state index >= 15 is 0 Å². The number of para-hydroxylation sites is 1. The van der Waals surface area contributed by atoms with Crippen LogP contribution < -0.4 is 15.5 Å². The predicted molar refractivity (Wildman–Crippen MR) is 124 cm³/mol. The van der Waals surface area contributed by atoms with Gasteiger partial charge in [-0.1, -0.05) is 12.1 Å². The molecule has 0 unspecified atom stereocenters. The van der Waals surface area contributed by atoms with Gasteiger partial charge in [0.05, 0.1) is 23.6 Å². The summed E-state index contributed by atoms with van der Waals surface area (Å²) in [6, 6.07) is 11.6. The molecule has 2 aromatic heterocycles. The maximum absolute atomic E-state index is 13.5. The van der Waals surface area contributed by atoms with E-state index in [1.807, 2.05) is 18.2 Å². The molecule has 0 radical (unpaired) electrons. The summed E-state index contributed by atoms with van der Waals surface area (Å²) in [7, 11) is 0. The number of halogens is 3. The van der Waals surface area contributed by atoms with Gasteiger partial charge in [0.1, 0.15) is 5.75 Å². The lowest BCUT2D eigenvalue weighted by molar-refractivity contribution is -0.137. The number of carbonyl (C=O) groups is 1. The number of rotatable bonds is 4. The lowest BCUT2D eigenvalue weighted by Gasteiger charge is -2.16. The first-order chi connectivity index (χ1) is 16.7. The van der Waals surface area contributed by atoms with Crippen LogP contribution in [0.5, 0.6) is 5.75 Å². The molecule has 0 fully saturated rings. The molecule has 2 aromatic carbocycles. The van der Waals surface area contributed by atoms with Gasteiger partial charge >= 0.3 is 6.18 Å². The fourth-order valence-corrected chi connectivity index (χ4v) is 4.53. The van der Waals surface area contributed by atoms with Gasteiger partial charge in [0.15, 0.2) is 10.8 Å². The smallest absolute Gasteiger partial charge is 0.418 e. The normalized spacial score (nSPS) is 12.8.